The number of carbonyl (C=O) groups excluding carboxylic acids is 1. The average Bonchev–Trinajstić information content (AvgIpc) is 2.62. The molecular weight excluding hydrogens is 212 g/mol. The van der Waals surface area contributed by atoms with E-state index in [1.807, 2.05) is 0 Å². The van der Waals surface area contributed by atoms with Crippen molar-refractivity contribution in [3.8, 4) is 0 Å². The molecule has 15 heavy (non-hydrogen) atoms. The summed E-state index contributed by atoms with van der Waals surface area (Å²) in [4.78, 5) is 14.0. The smallest absolute Gasteiger partial charge is 0.238 e. The van der Waals surface area contributed by atoms with Gasteiger partial charge >= 0.3 is 0 Å². The molecule has 2 aliphatic heterocycles. The van der Waals surface area contributed by atoms with Crippen molar-refractivity contribution in [2.24, 2.45) is 0 Å². The lowest BCUT2D eigenvalue weighted by Gasteiger charge is -2.32. The van der Waals surface area contributed by atoms with E-state index in [4.69, 9.17) is 11.6 Å². The van der Waals surface area contributed by atoms with Crippen LogP contribution in [0, 0.1) is 0 Å². The van der Waals surface area contributed by atoms with E-state index >= 15 is 0 Å². The van der Waals surface area contributed by atoms with Gasteiger partial charge in [-0.25, -0.2) is 0 Å². The molecule has 2 heterocycles. The van der Waals surface area contributed by atoms with Crippen molar-refractivity contribution < 1.29 is 4.79 Å². The predicted molar refractivity (Wildman–Crippen MR) is 61.1 cm³/mol. The lowest BCUT2D eigenvalue weighted by atomic mass is 9.99. The summed E-state index contributed by atoms with van der Waals surface area (Å²) in [6.45, 7) is 4.06. The van der Waals surface area contributed by atoms with Gasteiger partial charge in [0.2, 0.25) is 5.91 Å². The first-order valence-electron chi connectivity index (χ1n) is 5.87. The first-order chi connectivity index (χ1) is 7.18. The molecular formula is C11H19ClN2O. The minimum atomic E-state index is -0.414. The van der Waals surface area contributed by atoms with Crippen molar-refractivity contribution in [2.75, 3.05) is 13.1 Å². The third-order valence-corrected chi connectivity index (χ3v) is 3.74. The molecule has 2 aliphatic rings. The van der Waals surface area contributed by atoms with Gasteiger partial charge in [0.05, 0.1) is 0 Å². The summed E-state index contributed by atoms with van der Waals surface area (Å²) >= 11 is 5.76. The zero-order valence-electron chi connectivity index (χ0n) is 9.21. The monoisotopic (exact) mass is 230 g/mol. The van der Waals surface area contributed by atoms with Crippen LogP contribution >= 0.6 is 11.6 Å². The van der Waals surface area contributed by atoms with Crippen LogP contribution in [0.15, 0.2) is 0 Å². The standard InChI is InChI=1S/C11H19ClN2O/c1-8(12)11(15)13-9-5-7-14-6-3-2-4-10(9)14/h8-10H,2-7H2,1H3,(H,13,15). The minimum absolute atomic E-state index is 0.0194. The predicted octanol–water partition coefficient (Wildman–Crippen LogP) is 1.36. The van der Waals surface area contributed by atoms with E-state index in [9.17, 15) is 4.79 Å². The molecule has 0 aromatic heterocycles. The third-order valence-electron chi connectivity index (χ3n) is 3.54. The van der Waals surface area contributed by atoms with Crippen LogP contribution in [0.4, 0.5) is 0 Å². The van der Waals surface area contributed by atoms with Gasteiger partial charge in [-0.3, -0.25) is 9.69 Å². The molecule has 0 spiro atoms. The van der Waals surface area contributed by atoms with E-state index in [1.165, 1.54) is 25.8 Å². The van der Waals surface area contributed by atoms with Gasteiger partial charge in [-0.1, -0.05) is 6.42 Å². The second kappa shape index (κ2) is 4.71. The van der Waals surface area contributed by atoms with Crippen LogP contribution in [-0.4, -0.2) is 41.4 Å². The molecule has 3 atom stereocenters. The summed E-state index contributed by atoms with van der Waals surface area (Å²) in [5.74, 6) is -0.0194. The lowest BCUT2D eigenvalue weighted by molar-refractivity contribution is -0.121. The maximum absolute atomic E-state index is 11.5. The summed E-state index contributed by atoms with van der Waals surface area (Å²) < 4.78 is 0. The molecule has 4 heteroatoms. The number of hydrogen-bond donors (Lipinski definition) is 1. The summed E-state index contributed by atoms with van der Waals surface area (Å²) in [5.41, 5.74) is 0. The van der Waals surface area contributed by atoms with Gasteiger partial charge in [0.15, 0.2) is 0 Å². The van der Waals surface area contributed by atoms with Crippen LogP contribution in [0.5, 0.6) is 0 Å². The topological polar surface area (TPSA) is 32.3 Å². The van der Waals surface area contributed by atoms with Gasteiger partial charge in [-0.05, 0) is 32.7 Å². The van der Waals surface area contributed by atoms with Crippen molar-refractivity contribution in [1.29, 1.82) is 0 Å². The highest BCUT2D eigenvalue weighted by Crippen LogP contribution is 2.27. The van der Waals surface area contributed by atoms with Crippen LogP contribution in [0.2, 0.25) is 0 Å². The van der Waals surface area contributed by atoms with E-state index < -0.39 is 5.38 Å². The van der Waals surface area contributed by atoms with Crippen molar-refractivity contribution in [3.05, 3.63) is 0 Å². The molecule has 0 bridgehead atoms. The fourth-order valence-electron chi connectivity index (χ4n) is 2.71. The van der Waals surface area contributed by atoms with Crippen LogP contribution in [-0.2, 0) is 4.79 Å². The van der Waals surface area contributed by atoms with Gasteiger partial charge in [0.1, 0.15) is 5.38 Å². The van der Waals surface area contributed by atoms with Crippen molar-refractivity contribution in [3.63, 3.8) is 0 Å². The van der Waals surface area contributed by atoms with Gasteiger partial charge in [0.25, 0.3) is 0 Å². The number of halogens is 1. The molecule has 3 nitrogen and oxygen atoms in total. The zero-order valence-corrected chi connectivity index (χ0v) is 9.96. The van der Waals surface area contributed by atoms with Crippen LogP contribution in [0.25, 0.3) is 0 Å². The quantitative estimate of drug-likeness (QED) is 0.727. The molecule has 2 rings (SSSR count). The largest absolute Gasteiger partial charge is 0.350 e. The fraction of sp³-hybridized carbons (Fsp3) is 0.909. The highest BCUT2D eigenvalue weighted by molar-refractivity contribution is 6.30. The third kappa shape index (κ3) is 2.45. The number of nitrogens with zero attached hydrogens (tertiary/aromatic N) is 1. The van der Waals surface area contributed by atoms with E-state index in [2.05, 4.69) is 10.2 Å². The number of alkyl halides is 1. The van der Waals surface area contributed by atoms with Crippen molar-refractivity contribution in [1.82, 2.24) is 10.2 Å². The van der Waals surface area contributed by atoms with Gasteiger partial charge in [-0.15, -0.1) is 11.6 Å². The molecule has 0 saturated carbocycles. The van der Waals surface area contributed by atoms with E-state index in [0.29, 0.717) is 12.1 Å². The molecule has 2 fully saturated rings. The van der Waals surface area contributed by atoms with Crippen molar-refractivity contribution >= 4 is 17.5 Å². The Bertz CT molecular complexity index is 245. The van der Waals surface area contributed by atoms with Crippen molar-refractivity contribution in [2.45, 2.75) is 50.1 Å². The second-order valence-electron chi connectivity index (χ2n) is 4.62. The zero-order chi connectivity index (χ0) is 10.8. The Balaban J connectivity index is 1.90. The molecule has 0 aromatic carbocycles. The highest BCUT2D eigenvalue weighted by atomic mass is 35.5. The molecule has 0 radical (unpaired) electrons. The Morgan fingerprint density at radius 1 is 1.40 bits per heavy atom. The maximum atomic E-state index is 11.5. The molecule has 1 N–H and O–H groups in total. The van der Waals surface area contributed by atoms with E-state index in [1.54, 1.807) is 6.92 Å². The van der Waals surface area contributed by atoms with Gasteiger partial charge < -0.3 is 5.32 Å². The van der Waals surface area contributed by atoms with Crippen LogP contribution in [0.3, 0.4) is 0 Å². The summed E-state index contributed by atoms with van der Waals surface area (Å²) in [6, 6.07) is 0.900. The first kappa shape index (κ1) is 11.2. The second-order valence-corrected chi connectivity index (χ2v) is 5.27. The molecule has 0 aliphatic carbocycles. The van der Waals surface area contributed by atoms with E-state index in [0.717, 1.165) is 13.0 Å². The number of carbonyl (C=O) groups is 1. The lowest BCUT2D eigenvalue weighted by Crippen LogP contribution is -2.48. The SMILES string of the molecule is CC(Cl)C(=O)NC1CCN2CCCCC12. The Labute approximate surface area is 96.2 Å². The molecule has 86 valence electrons. The van der Waals surface area contributed by atoms with Crippen LogP contribution < -0.4 is 5.32 Å². The number of fused-ring (bicyclic) bond motifs is 1. The van der Waals surface area contributed by atoms with E-state index in [-0.39, 0.29) is 5.91 Å². The first-order valence-corrected chi connectivity index (χ1v) is 6.30. The molecule has 0 aromatic rings. The Morgan fingerprint density at radius 2 is 2.20 bits per heavy atom. The fourth-order valence-corrected chi connectivity index (χ4v) is 2.78. The van der Waals surface area contributed by atoms with Gasteiger partial charge in [0, 0.05) is 18.6 Å². The Kier molecular flexibility index (Phi) is 3.52. The summed E-state index contributed by atoms with van der Waals surface area (Å²) in [7, 11) is 0. The molecule has 1 amide bonds. The number of piperidine rings is 1. The normalized spacial score (nSPS) is 33.5. The number of hydrogen-bond acceptors (Lipinski definition) is 2. The number of rotatable bonds is 2. The number of amides is 1. The minimum Gasteiger partial charge on any atom is -0.350 e. The maximum Gasteiger partial charge on any atom is 0.238 e. The average molecular weight is 231 g/mol. The summed E-state index contributed by atoms with van der Waals surface area (Å²) in [6.07, 6.45) is 4.91. The molecule has 3 unspecified atom stereocenters. The van der Waals surface area contributed by atoms with Crippen LogP contribution in [0.1, 0.15) is 32.6 Å². The Morgan fingerprint density at radius 3 is 2.93 bits per heavy atom. The molecule has 2 saturated heterocycles. The highest BCUT2D eigenvalue weighted by Gasteiger charge is 2.36. The Hall–Kier alpha value is -0.280. The number of nitrogens with one attached hydrogen (secondary N) is 1. The van der Waals surface area contributed by atoms with Gasteiger partial charge in [-0.2, -0.15) is 0 Å². The summed E-state index contributed by atoms with van der Waals surface area (Å²) in [5, 5.41) is 2.65.